The summed E-state index contributed by atoms with van der Waals surface area (Å²) in [5.74, 6) is -1.56. The third-order valence-corrected chi connectivity index (χ3v) is 4.01. The van der Waals surface area contributed by atoms with E-state index >= 15 is 0 Å². The van der Waals surface area contributed by atoms with E-state index in [4.69, 9.17) is 4.74 Å². The first kappa shape index (κ1) is 20.5. The second-order valence-corrected chi connectivity index (χ2v) is 5.89. The summed E-state index contributed by atoms with van der Waals surface area (Å²) < 4.78 is 44.9. The molecule has 27 heavy (non-hydrogen) atoms. The van der Waals surface area contributed by atoms with Crippen LogP contribution in [0.4, 0.5) is 13.2 Å². The van der Waals surface area contributed by atoms with Crippen LogP contribution >= 0.6 is 0 Å². The number of carbonyl (C=O) groups is 2. The molecule has 0 heterocycles. The molecule has 2 aromatic rings. The molecule has 7 heteroatoms. The molecule has 1 unspecified atom stereocenters. The van der Waals surface area contributed by atoms with Crippen molar-refractivity contribution in [1.82, 2.24) is 4.90 Å². The molecule has 1 amide bonds. The summed E-state index contributed by atoms with van der Waals surface area (Å²) in [7, 11) is 0. The lowest BCUT2D eigenvalue weighted by molar-refractivity contribution is -0.148. The Morgan fingerprint density at radius 1 is 1.04 bits per heavy atom. The molecule has 4 nitrogen and oxygen atoms in total. The van der Waals surface area contributed by atoms with Crippen molar-refractivity contribution >= 4 is 11.9 Å². The van der Waals surface area contributed by atoms with Gasteiger partial charge in [0.2, 0.25) is 0 Å². The summed E-state index contributed by atoms with van der Waals surface area (Å²) in [6.45, 7) is 3.14. The van der Waals surface area contributed by atoms with Crippen molar-refractivity contribution in [3.63, 3.8) is 0 Å². The molecule has 0 N–H and O–H groups in total. The van der Waals surface area contributed by atoms with Crippen molar-refractivity contribution in [3.05, 3.63) is 71.3 Å². The summed E-state index contributed by atoms with van der Waals surface area (Å²) in [5, 5.41) is 0. The number of benzene rings is 2. The number of amides is 1. The lowest BCUT2D eigenvalue weighted by Gasteiger charge is -2.29. The highest BCUT2D eigenvalue weighted by atomic mass is 19.4. The van der Waals surface area contributed by atoms with Crippen LogP contribution < -0.4 is 0 Å². The lowest BCUT2D eigenvalue weighted by atomic mass is 10.0. The maximum atomic E-state index is 13.3. The van der Waals surface area contributed by atoms with Crippen LogP contribution in [0.15, 0.2) is 54.6 Å². The van der Waals surface area contributed by atoms with Gasteiger partial charge in [0, 0.05) is 6.54 Å². The monoisotopic (exact) mass is 379 g/mol. The zero-order valence-corrected chi connectivity index (χ0v) is 15.0. The highest BCUT2D eigenvalue weighted by Crippen LogP contribution is 2.32. The number of halogens is 3. The normalized spacial score (nSPS) is 12.3. The van der Waals surface area contributed by atoms with Crippen molar-refractivity contribution in [1.29, 1.82) is 0 Å². The van der Waals surface area contributed by atoms with Gasteiger partial charge in [0.05, 0.1) is 17.7 Å². The summed E-state index contributed by atoms with van der Waals surface area (Å²) in [6.07, 6.45) is -4.68. The number of nitrogens with zero attached hydrogens (tertiary/aromatic N) is 1. The predicted molar refractivity (Wildman–Crippen MR) is 93.9 cm³/mol. The molecule has 0 fully saturated rings. The van der Waals surface area contributed by atoms with Crippen molar-refractivity contribution < 1.29 is 27.5 Å². The van der Waals surface area contributed by atoms with Gasteiger partial charge in [-0.15, -0.1) is 0 Å². The molecular formula is C20H20F3NO3. The van der Waals surface area contributed by atoms with E-state index in [1.807, 2.05) is 0 Å². The summed E-state index contributed by atoms with van der Waals surface area (Å²) >= 11 is 0. The molecule has 0 spiro atoms. The lowest BCUT2D eigenvalue weighted by Crippen LogP contribution is -2.44. The van der Waals surface area contributed by atoms with Gasteiger partial charge in [-0.1, -0.05) is 42.5 Å². The van der Waals surface area contributed by atoms with Gasteiger partial charge in [-0.2, -0.15) is 13.2 Å². The minimum absolute atomic E-state index is 0.0220. The smallest absolute Gasteiger partial charge is 0.417 e. The standard InChI is InChI=1S/C20H20F3NO3/c1-3-27-19(26)14(2)24(13-15-9-5-4-6-10-15)18(25)16-11-7-8-12-17(16)20(21,22)23/h4-12,14H,3,13H2,1-2H3. The van der Waals surface area contributed by atoms with Gasteiger partial charge in [0.15, 0.2) is 0 Å². The largest absolute Gasteiger partial charge is 0.464 e. The third kappa shape index (κ3) is 5.09. The van der Waals surface area contributed by atoms with Crippen molar-refractivity contribution in [3.8, 4) is 0 Å². The van der Waals surface area contributed by atoms with Crippen LogP contribution in [0.2, 0.25) is 0 Å². The van der Waals surface area contributed by atoms with E-state index in [1.54, 1.807) is 37.3 Å². The second kappa shape index (κ2) is 8.70. The molecular weight excluding hydrogens is 359 g/mol. The Balaban J connectivity index is 2.44. The molecule has 0 aliphatic rings. The molecule has 0 saturated heterocycles. The second-order valence-electron chi connectivity index (χ2n) is 5.89. The van der Waals surface area contributed by atoms with Crippen LogP contribution in [0.25, 0.3) is 0 Å². The van der Waals surface area contributed by atoms with E-state index < -0.39 is 35.2 Å². The minimum atomic E-state index is -4.68. The Morgan fingerprint density at radius 2 is 1.63 bits per heavy atom. The van der Waals surface area contributed by atoms with E-state index in [9.17, 15) is 22.8 Å². The molecule has 0 aromatic heterocycles. The summed E-state index contributed by atoms with van der Waals surface area (Å²) in [6, 6.07) is 12.2. The SMILES string of the molecule is CCOC(=O)C(C)N(Cc1ccccc1)C(=O)c1ccccc1C(F)(F)F. The van der Waals surface area contributed by atoms with Crippen LogP contribution in [0, 0.1) is 0 Å². The van der Waals surface area contributed by atoms with Crippen molar-refractivity contribution in [2.75, 3.05) is 6.61 Å². The van der Waals surface area contributed by atoms with E-state index in [0.29, 0.717) is 5.56 Å². The zero-order chi connectivity index (χ0) is 20.0. The van der Waals surface area contributed by atoms with Crippen molar-refractivity contribution in [2.45, 2.75) is 32.6 Å². The van der Waals surface area contributed by atoms with E-state index in [-0.39, 0.29) is 13.2 Å². The molecule has 0 saturated carbocycles. The summed E-state index contributed by atoms with van der Waals surface area (Å²) in [4.78, 5) is 26.2. The Hall–Kier alpha value is -2.83. The van der Waals surface area contributed by atoms with Crippen LogP contribution in [-0.2, 0) is 22.3 Å². The Kier molecular flexibility index (Phi) is 6.60. The molecule has 144 valence electrons. The number of alkyl halides is 3. The number of esters is 1. The fourth-order valence-corrected chi connectivity index (χ4v) is 2.63. The van der Waals surface area contributed by atoms with Crippen LogP contribution in [0.3, 0.4) is 0 Å². The quantitative estimate of drug-likeness (QED) is 0.703. The average molecular weight is 379 g/mol. The number of ether oxygens (including phenoxy) is 1. The molecule has 0 aliphatic heterocycles. The average Bonchev–Trinajstić information content (AvgIpc) is 2.65. The van der Waals surface area contributed by atoms with Gasteiger partial charge in [-0.05, 0) is 31.5 Å². The topological polar surface area (TPSA) is 46.6 Å². The molecule has 0 aliphatic carbocycles. The molecule has 1 atom stereocenters. The Bertz CT molecular complexity index is 791. The number of rotatable bonds is 6. The zero-order valence-electron chi connectivity index (χ0n) is 15.0. The Morgan fingerprint density at radius 3 is 2.22 bits per heavy atom. The predicted octanol–water partition coefficient (Wildman–Crippen LogP) is 4.30. The molecule has 2 aromatic carbocycles. The fourth-order valence-electron chi connectivity index (χ4n) is 2.63. The summed E-state index contributed by atoms with van der Waals surface area (Å²) in [5.41, 5.74) is -0.854. The van der Waals surface area contributed by atoms with Gasteiger partial charge in [-0.3, -0.25) is 4.79 Å². The van der Waals surface area contributed by atoms with Gasteiger partial charge in [0.25, 0.3) is 5.91 Å². The van der Waals surface area contributed by atoms with E-state index in [2.05, 4.69) is 0 Å². The third-order valence-electron chi connectivity index (χ3n) is 4.01. The number of hydrogen-bond acceptors (Lipinski definition) is 3. The van der Waals surface area contributed by atoms with Crippen LogP contribution in [0.5, 0.6) is 0 Å². The maximum absolute atomic E-state index is 13.3. The number of hydrogen-bond donors (Lipinski definition) is 0. The van der Waals surface area contributed by atoms with E-state index in [0.717, 1.165) is 17.0 Å². The van der Waals surface area contributed by atoms with Crippen molar-refractivity contribution in [2.24, 2.45) is 0 Å². The molecule has 0 bridgehead atoms. The molecule has 2 rings (SSSR count). The van der Waals surface area contributed by atoms with E-state index in [1.165, 1.54) is 19.1 Å². The highest BCUT2D eigenvalue weighted by Gasteiger charge is 2.37. The maximum Gasteiger partial charge on any atom is 0.417 e. The Labute approximate surface area is 155 Å². The highest BCUT2D eigenvalue weighted by molar-refractivity contribution is 5.98. The molecule has 0 radical (unpaired) electrons. The number of carbonyl (C=O) groups excluding carboxylic acids is 2. The first-order valence-corrected chi connectivity index (χ1v) is 8.43. The van der Waals surface area contributed by atoms with Gasteiger partial charge in [-0.25, -0.2) is 4.79 Å². The van der Waals surface area contributed by atoms with Gasteiger partial charge >= 0.3 is 12.1 Å². The fraction of sp³-hybridized carbons (Fsp3) is 0.300. The minimum Gasteiger partial charge on any atom is -0.464 e. The van der Waals surface area contributed by atoms with Gasteiger partial charge in [0.1, 0.15) is 6.04 Å². The van der Waals surface area contributed by atoms with Gasteiger partial charge < -0.3 is 9.64 Å². The van der Waals surface area contributed by atoms with Crippen LogP contribution in [-0.4, -0.2) is 29.4 Å². The first-order valence-electron chi connectivity index (χ1n) is 8.43. The first-order chi connectivity index (χ1) is 12.8. The van der Waals surface area contributed by atoms with Crippen LogP contribution in [0.1, 0.15) is 35.3 Å².